The van der Waals surface area contributed by atoms with Crippen molar-refractivity contribution < 1.29 is 0 Å². The maximum absolute atomic E-state index is 5.94. The van der Waals surface area contributed by atoms with E-state index in [2.05, 4.69) is 11.4 Å². The quantitative estimate of drug-likeness (QED) is 0.736. The molecule has 3 heteroatoms. The van der Waals surface area contributed by atoms with Gasteiger partial charge in [-0.3, -0.25) is 0 Å². The zero-order valence-electron chi connectivity index (χ0n) is 7.06. The number of halogens is 1. The number of fused-ring (bicyclic) bond motifs is 1. The zero-order chi connectivity index (χ0) is 8.55. The van der Waals surface area contributed by atoms with Crippen LogP contribution in [0.5, 0.6) is 0 Å². The Kier molecular flexibility index (Phi) is 2.40. The normalized spacial score (nSPS) is 22.3. The number of hydrogen-bond acceptors (Lipinski definition) is 2. The zero-order valence-corrected chi connectivity index (χ0v) is 8.63. The van der Waals surface area contributed by atoms with Crippen molar-refractivity contribution in [3.63, 3.8) is 0 Å². The van der Waals surface area contributed by atoms with Gasteiger partial charge in [-0.2, -0.15) is 0 Å². The number of nitrogens with one attached hydrogen (secondary N) is 1. The van der Waals surface area contributed by atoms with Crippen LogP contribution in [-0.4, -0.2) is 13.1 Å². The van der Waals surface area contributed by atoms with Crippen LogP contribution in [0.2, 0.25) is 4.34 Å². The van der Waals surface area contributed by atoms with Gasteiger partial charge in [0.25, 0.3) is 0 Å². The van der Waals surface area contributed by atoms with Crippen molar-refractivity contribution in [2.75, 3.05) is 7.05 Å². The summed E-state index contributed by atoms with van der Waals surface area (Å²) in [5.74, 6) is 0. The Morgan fingerprint density at radius 2 is 2.50 bits per heavy atom. The molecule has 2 rings (SSSR count). The summed E-state index contributed by atoms with van der Waals surface area (Å²) in [7, 11) is 2.03. The van der Waals surface area contributed by atoms with Gasteiger partial charge in [0, 0.05) is 10.9 Å². The van der Waals surface area contributed by atoms with Crippen molar-refractivity contribution in [2.24, 2.45) is 0 Å². The maximum Gasteiger partial charge on any atom is 0.0934 e. The number of likely N-dealkylation sites (N-methyl/N-ethyl adjacent to an activating group) is 1. The molecule has 66 valence electrons. The summed E-state index contributed by atoms with van der Waals surface area (Å²) in [6.45, 7) is 0. The van der Waals surface area contributed by atoms with Crippen LogP contribution in [0.1, 0.15) is 16.9 Å². The molecule has 1 aliphatic rings. The second-order valence-corrected chi connectivity index (χ2v) is 5.00. The highest BCUT2D eigenvalue weighted by Crippen LogP contribution is 2.32. The molecule has 1 aliphatic carbocycles. The molecule has 0 bridgehead atoms. The number of hydrogen-bond donors (Lipinski definition) is 1. The third-order valence-electron chi connectivity index (χ3n) is 2.47. The predicted molar refractivity (Wildman–Crippen MR) is 54.2 cm³/mol. The molecule has 0 fully saturated rings. The van der Waals surface area contributed by atoms with Gasteiger partial charge in [-0.25, -0.2) is 0 Å². The molecule has 1 atom stereocenters. The minimum absolute atomic E-state index is 0.659. The molecular formula is C9H12ClNS. The Morgan fingerprint density at radius 1 is 1.67 bits per heavy atom. The molecule has 0 amide bonds. The standard InChI is InChI=1S/C9H12ClNS/c1-11-7-3-2-6-4-9(10)12-8(6)5-7/h4,7,11H,2-3,5H2,1H3. The van der Waals surface area contributed by atoms with Crippen molar-refractivity contribution in [2.45, 2.75) is 25.3 Å². The van der Waals surface area contributed by atoms with Gasteiger partial charge in [0.2, 0.25) is 0 Å². The Bertz CT molecular complexity index is 282. The first kappa shape index (κ1) is 8.54. The SMILES string of the molecule is CNC1CCc2cc(Cl)sc2C1. The van der Waals surface area contributed by atoms with Gasteiger partial charge in [-0.05, 0) is 37.9 Å². The van der Waals surface area contributed by atoms with Gasteiger partial charge in [-0.1, -0.05) is 11.6 Å². The van der Waals surface area contributed by atoms with E-state index >= 15 is 0 Å². The third-order valence-corrected chi connectivity index (χ3v) is 3.80. The minimum Gasteiger partial charge on any atom is -0.317 e. The van der Waals surface area contributed by atoms with E-state index in [4.69, 9.17) is 11.6 Å². The first-order valence-corrected chi connectivity index (χ1v) is 5.43. The fourth-order valence-electron chi connectivity index (χ4n) is 1.72. The van der Waals surface area contributed by atoms with Gasteiger partial charge < -0.3 is 5.32 Å². The molecule has 1 aromatic rings. The molecule has 0 saturated carbocycles. The Morgan fingerprint density at radius 3 is 3.25 bits per heavy atom. The van der Waals surface area contributed by atoms with Crippen LogP contribution in [0.4, 0.5) is 0 Å². The van der Waals surface area contributed by atoms with Crippen molar-refractivity contribution in [1.29, 1.82) is 0 Å². The van der Waals surface area contributed by atoms with Crippen molar-refractivity contribution >= 4 is 22.9 Å². The summed E-state index contributed by atoms with van der Waals surface area (Å²) in [4.78, 5) is 1.48. The summed E-state index contributed by atoms with van der Waals surface area (Å²) < 4.78 is 0.941. The second-order valence-electron chi connectivity index (χ2n) is 3.23. The van der Waals surface area contributed by atoms with E-state index < -0.39 is 0 Å². The van der Waals surface area contributed by atoms with Crippen LogP contribution in [0.15, 0.2) is 6.07 Å². The third kappa shape index (κ3) is 1.51. The van der Waals surface area contributed by atoms with Gasteiger partial charge in [0.1, 0.15) is 0 Å². The van der Waals surface area contributed by atoms with E-state index in [0.29, 0.717) is 6.04 Å². The summed E-state index contributed by atoms with van der Waals surface area (Å²) in [6, 6.07) is 2.78. The molecule has 12 heavy (non-hydrogen) atoms. The summed E-state index contributed by atoms with van der Waals surface area (Å²) in [5.41, 5.74) is 1.47. The molecule has 1 N–H and O–H groups in total. The van der Waals surface area contributed by atoms with Crippen LogP contribution in [-0.2, 0) is 12.8 Å². The molecule has 0 aliphatic heterocycles. The largest absolute Gasteiger partial charge is 0.317 e. The van der Waals surface area contributed by atoms with Crippen molar-refractivity contribution in [1.82, 2.24) is 5.32 Å². The average molecular weight is 202 g/mol. The van der Waals surface area contributed by atoms with E-state index in [9.17, 15) is 0 Å². The van der Waals surface area contributed by atoms with Crippen molar-refractivity contribution in [3.05, 3.63) is 20.8 Å². The monoisotopic (exact) mass is 201 g/mol. The van der Waals surface area contributed by atoms with E-state index in [0.717, 1.165) is 10.8 Å². The van der Waals surface area contributed by atoms with Crippen LogP contribution >= 0.6 is 22.9 Å². The van der Waals surface area contributed by atoms with Crippen LogP contribution < -0.4 is 5.32 Å². The summed E-state index contributed by atoms with van der Waals surface area (Å²) in [6.07, 6.45) is 3.59. The molecule has 1 unspecified atom stereocenters. The Hall–Kier alpha value is -0.0500. The predicted octanol–water partition coefficient (Wildman–Crippen LogP) is 2.48. The van der Waals surface area contributed by atoms with Gasteiger partial charge in [0.15, 0.2) is 0 Å². The molecule has 0 saturated heterocycles. The molecule has 0 aromatic carbocycles. The molecule has 1 aromatic heterocycles. The minimum atomic E-state index is 0.659. The van der Waals surface area contributed by atoms with E-state index in [-0.39, 0.29) is 0 Å². The molecule has 1 nitrogen and oxygen atoms in total. The van der Waals surface area contributed by atoms with E-state index in [1.165, 1.54) is 23.3 Å². The smallest absolute Gasteiger partial charge is 0.0934 e. The number of aryl methyl sites for hydroxylation is 1. The van der Waals surface area contributed by atoms with Gasteiger partial charge in [-0.15, -0.1) is 11.3 Å². The highest BCUT2D eigenvalue weighted by Gasteiger charge is 2.19. The topological polar surface area (TPSA) is 12.0 Å². The van der Waals surface area contributed by atoms with Crippen LogP contribution in [0.3, 0.4) is 0 Å². The lowest BCUT2D eigenvalue weighted by molar-refractivity contribution is 0.501. The lowest BCUT2D eigenvalue weighted by Crippen LogP contribution is -2.30. The van der Waals surface area contributed by atoms with Crippen molar-refractivity contribution in [3.8, 4) is 0 Å². The van der Waals surface area contributed by atoms with Crippen LogP contribution in [0, 0.1) is 0 Å². The average Bonchev–Trinajstić information content (AvgIpc) is 2.43. The highest BCUT2D eigenvalue weighted by molar-refractivity contribution is 7.16. The molecule has 0 spiro atoms. The lowest BCUT2D eigenvalue weighted by Gasteiger charge is -2.20. The first-order chi connectivity index (χ1) is 5.79. The molecule has 1 heterocycles. The molecular weight excluding hydrogens is 190 g/mol. The fourth-order valence-corrected chi connectivity index (χ4v) is 3.14. The van der Waals surface area contributed by atoms with E-state index in [1.807, 2.05) is 7.05 Å². The number of thiophene rings is 1. The Balaban J connectivity index is 2.22. The van der Waals surface area contributed by atoms with Gasteiger partial charge in [0.05, 0.1) is 4.34 Å². The first-order valence-electron chi connectivity index (χ1n) is 4.24. The maximum atomic E-state index is 5.94. The summed E-state index contributed by atoms with van der Waals surface area (Å²) in [5, 5.41) is 3.32. The van der Waals surface area contributed by atoms with Gasteiger partial charge >= 0.3 is 0 Å². The van der Waals surface area contributed by atoms with Crippen LogP contribution in [0.25, 0.3) is 0 Å². The summed E-state index contributed by atoms with van der Waals surface area (Å²) >= 11 is 7.67. The second kappa shape index (κ2) is 3.36. The Labute approximate surface area is 81.7 Å². The highest BCUT2D eigenvalue weighted by atomic mass is 35.5. The lowest BCUT2D eigenvalue weighted by atomic mass is 9.95. The van der Waals surface area contributed by atoms with E-state index in [1.54, 1.807) is 11.3 Å². The number of rotatable bonds is 1. The fraction of sp³-hybridized carbons (Fsp3) is 0.556. The molecule has 0 radical (unpaired) electrons.